The van der Waals surface area contributed by atoms with Gasteiger partial charge in [0.2, 0.25) is 5.91 Å². The van der Waals surface area contributed by atoms with Gasteiger partial charge in [-0.2, -0.15) is 0 Å². The van der Waals surface area contributed by atoms with Gasteiger partial charge in [0, 0.05) is 19.6 Å². The van der Waals surface area contributed by atoms with E-state index in [1.54, 1.807) is 17.3 Å². The molecule has 112 valence electrons. The predicted octanol–water partition coefficient (Wildman–Crippen LogP) is 1.97. The molecule has 0 aliphatic carbocycles. The summed E-state index contributed by atoms with van der Waals surface area (Å²) in [5.74, 6) is 1.40. The highest BCUT2D eigenvalue weighted by Crippen LogP contribution is 2.09. The molecule has 20 heavy (non-hydrogen) atoms. The minimum Gasteiger partial charge on any atom is -0.369 e. The molecule has 1 aromatic heterocycles. The first-order valence-corrected chi connectivity index (χ1v) is 7.23. The van der Waals surface area contributed by atoms with Crippen molar-refractivity contribution in [1.29, 1.82) is 0 Å². The van der Waals surface area contributed by atoms with Crippen LogP contribution in [0.4, 0.5) is 11.6 Å². The fraction of sp³-hybridized carbons (Fsp3) is 0.643. The molecule has 0 aliphatic heterocycles. The van der Waals surface area contributed by atoms with E-state index in [1.807, 2.05) is 20.8 Å². The van der Waals surface area contributed by atoms with E-state index in [-0.39, 0.29) is 11.9 Å². The standard InChI is InChI=1S/C14H25N5O/c1-5-8-16-12-9-15-10-13(18-12)17-11(4)14(20)19(6-2)7-3/h9-11H,5-8H2,1-4H3,(H2,16,17,18). The van der Waals surface area contributed by atoms with Crippen molar-refractivity contribution in [2.24, 2.45) is 0 Å². The van der Waals surface area contributed by atoms with Crippen molar-refractivity contribution in [2.75, 3.05) is 30.3 Å². The lowest BCUT2D eigenvalue weighted by Crippen LogP contribution is -2.41. The Morgan fingerprint density at radius 2 is 1.90 bits per heavy atom. The molecular formula is C14H25N5O. The normalized spacial score (nSPS) is 11.8. The fourth-order valence-electron chi connectivity index (χ4n) is 1.87. The van der Waals surface area contributed by atoms with Gasteiger partial charge >= 0.3 is 0 Å². The lowest BCUT2D eigenvalue weighted by molar-refractivity contribution is -0.131. The van der Waals surface area contributed by atoms with Crippen molar-refractivity contribution in [3.8, 4) is 0 Å². The zero-order chi connectivity index (χ0) is 15.0. The molecule has 0 aliphatic rings. The first-order valence-electron chi connectivity index (χ1n) is 7.23. The van der Waals surface area contributed by atoms with Crippen LogP contribution in [0.15, 0.2) is 12.4 Å². The van der Waals surface area contributed by atoms with Crippen LogP contribution in [0.1, 0.15) is 34.1 Å². The Balaban J connectivity index is 2.65. The smallest absolute Gasteiger partial charge is 0.244 e. The summed E-state index contributed by atoms with van der Waals surface area (Å²) in [6.07, 6.45) is 4.33. The van der Waals surface area contributed by atoms with Gasteiger partial charge in [0.25, 0.3) is 0 Å². The second-order valence-electron chi connectivity index (χ2n) is 4.59. The van der Waals surface area contributed by atoms with Gasteiger partial charge in [0.05, 0.1) is 12.4 Å². The largest absolute Gasteiger partial charge is 0.369 e. The van der Waals surface area contributed by atoms with E-state index in [9.17, 15) is 4.79 Å². The van der Waals surface area contributed by atoms with Crippen molar-refractivity contribution in [1.82, 2.24) is 14.9 Å². The Morgan fingerprint density at radius 1 is 1.25 bits per heavy atom. The van der Waals surface area contributed by atoms with E-state index in [0.29, 0.717) is 18.9 Å². The molecule has 6 nitrogen and oxygen atoms in total. The number of anilines is 2. The summed E-state index contributed by atoms with van der Waals surface area (Å²) in [5.41, 5.74) is 0. The van der Waals surface area contributed by atoms with Crippen molar-refractivity contribution in [2.45, 2.75) is 40.2 Å². The maximum Gasteiger partial charge on any atom is 0.244 e. The van der Waals surface area contributed by atoms with Gasteiger partial charge in [-0.15, -0.1) is 0 Å². The number of amides is 1. The van der Waals surface area contributed by atoms with Crippen molar-refractivity contribution >= 4 is 17.5 Å². The summed E-state index contributed by atoms with van der Waals surface area (Å²) in [7, 11) is 0. The highest BCUT2D eigenvalue weighted by molar-refractivity contribution is 5.84. The lowest BCUT2D eigenvalue weighted by atomic mass is 10.3. The van der Waals surface area contributed by atoms with Crippen LogP contribution in [-0.2, 0) is 4.79 Å². The molecule has 0 radical (unpaired) electrons. The third kappa shape index (κ3) is 4.68. The van der Waals surface area contributed by atoms with Gasteiger partial charge in [-0.1, -0.05) is 6.92 Å². The van der Waals surface area contributed by atoms with Gasteiger partial charge in [0.1, 0.15) is 17.7 Å². The lowest BCUT2D eigenvalue weighted by Gasteiger charge is -2.23. The van der Waals surface area contributed by atoms with E-state index < -0.39 is 0 Å². The van der Waals surface area contributed by atoms with E-state index in [2.05, 4.69) is 27.5 Å². The summed E-state index contributed by atoms with van der Waals surface area (Å²) in [4.78, 5) is 22.5. The average molecular weight is 279 g/mol. The Morgan fingerprint density at radius 3 is 2.50 bits per heavy atom. The Hall–Kier alpha value is -1.85. The summed E-state index contributed by atoms with van der Waals surface area (Å²) < 4.78 is 0. The molecule has 1 rings (SSSR count). The Kier molecular flexibility index (Phi) is 6.76. The van der Waals surface area contributed by atoms with Gasteiger partial charge in [-0.05, 0) is 27.2 Å². The first-order chi connectivity index (χ1) is 9.62. The minimum atomic E-state index is -0.314. The van der Waals surface area contributed by atoms with E-state index in [4.69, 9.17) is 0 Å². The number of carbonyl (C=O) groups excluding carboxylic acids is 1. The number of carbonyl (C=O) groups is 1. The first kappa shape index (κ1) is 16.2. The molecule has 1 amide bonds. The van der Waals surface area contributed by atoms with E-state index >= 15 is 0 Å². The second kappa shape index (κ2) is 8.35. The van der Waals surface area contributed by atoms with Crippen LogP contribution in [0.25, 0.3) is 0 Å². The molecule has 1 atom stereocenters. The number of nitrogens with zero attached hydrogens (tertiary/aromatic N) is 3. The highest BCUT2D eigenvalue weighted by Gasteiger charge is 2.18. The van der Waals surface area contributed by atoms with Gasteiger partial charge in [-0.25, -0.2) is 4.98 Å². The summed E-state index contributed by atoms with van der Waals surface area (Å²) in [6, 6.07) is -0.314. The number of likely N-dealkylation sites (N-methyl/N-ethyl adjacent to an activating group) is 1. The molecule has 0 saturated carbocycles. The molecule has 1 unspecified atom stereocenters. The van der Waals surface area contributed by atoms with Crippen molar-refractivity contribution in [3.63, 3.8) is 0 Å². The van der Waals surface area contributed by atoms with E-state index in [0.717, 1.165) is 18.8 Å². The highest BCUT2D eigenvalue weighted by atomic mass is 16.2. The maximum atomic E-state index is 12.2. The van der Waals surface area contributed by atoms with Crippen LogP contribution in [0.3, 0.4) is 0 Å². The second-order valence-corrected chi connectivity index (χ2v) is 4.59. The van der Waals surface area contributed by atoms with Crippen LogP contribution in [0, 0.1) is 0 Å². The molecule has 6 heteroatoms. The molecule has 0 saturated heterocycles. The molecular weight excluding hydrogens is 254 g/mol. The number of rotatable bonds is 8. The number of hydrogen-bond acceptors (Lipinski definition) is 5. The summed E-state index contributed by atoms with van der Waals surface area (Å²) in [5, 5.41) is 6.28. The van der Waals surface area contributed by atoms with Crippen LogP contribution < -0.4 is 10.6 Å². The quantitative estimate of drug-likeness (QED) is 0.761. The van der Waals surface area contributed by atoms with Crippen LogP contribution >= 0.6 is 0 Å². The zero-order valence-corrected chi connectivity index (χ0v) is 12.8. The zero-order valence-electron chi connectivity index (χ0n) is 12.8. The van der Waals surface area contributed by atoms with E-state index in [1.165, 1.54) is 0 Å². The summed E-state index contributed by atoms with van der Waals surface area (Å²) in [6.45, 7) is 10.2. The maximum absolute atomic E-state index is 12.2. The fourth-order valence-corrected chi connectivity index (χ4v) is 1.87. The van der Waals surface area contributed by atoms with Gasteiger partial charge in [-0.3, -0.25) is 9.78 Å². The van der Waals surface area contributed by atoms with Crippen LogP contribution in [-0.4, -0.2) is 46.5 Å². The Bertz CT molecular complexity index is 420. The minimum absolute atomic E-state index is 0.0729. The molecule has 0 aromatic carbocycles. The third-order valence-electron chi connectivity index (χ3n) is 3.00. The van der Waals surface area contributed by atoms with Crippen molar-refractivity contribution < 1.29 is 4.79 Å². The molecule has 0 bridgehead atoms. The number of aromatic nitrogens is 2. The third-order valence-corrected chi connectivity index (χ3v) is 3.00. The Labute approximate surface area is 121 Å². The molecule has 2 N–H and O–H groups in total. The summed E-state index contributed by atoms with van der Waals surface area (Å²) >= 11 is 0. The van der Waals surface area contributed by atoms with Gasteiger partial charge in [0.15, 0.2) is 0 Å². The number of hydrogen-bond donors (Lipinski definition) is 2. The topological polar surface area (TPSA) is 70.2 Å². The molecule has 0 fully saturated rings. The predicted molar refractivity (Wildman–Crippen MR) is 81.8 cm³/mol. The number of nitrogens with one attached hydrogen (secondary N) is 2. The molecule has 0 spiro atoms. The van der Waals surface area contributed by atoms with Crippen molar-refractivity contribution in [3.05, 3.63) is 12.4 Å². The van der Waals surface area contributed by atoms with Crippen LogP contribution in [0.5, 0.6) is 0 Å². The van der Waals surface area contributed by atoms with Crippen LogP contribution in [0.2, 0.25) is 0 Å². The monoisotopic (exact) mass is 279 g/mol. The molecule has 1 aromatic rings. The average Bonchev–Trinajstić information content (AvgIpc) is 2.46. The SMILES string of the molecule is CCCNc1cncc(NC(C)C(=O)N(CC)CC)n1. The van der Waals surface area contributed by atoms with Gasteiger partial charge < -0.3 is 15.5 Å². The molecule has 1 heterocycles.